The molecule has 0 bridgehead atoms. The molecule has 0 aliphatic rings. The van der Waals surface area contributed by atoms with Crippen LogP contribution in [0.3, 0.4) is 0 Å². The topological polar surface area (TPSA) is 22.0 Å². The number of hydrogen-bond donors (Lipinski definition) is 0. The number of pyridine rings is 1. The zero-order valence-electron chi connectivity index (χ0n) is 16.0. The van der Waals surface area contributed by atoms with Gasteiger partial charge in [-0.15, -0.1) is 0 Å². The van der Waals surface area contributed by atoms with Gasteiger partial charge in [0.2, 0.25) is 0 Å². The Labute approximate surface area is 152 Å². The fourth-order valence-electron chi connectivity index (χ4n) is 3.43. The van der Waals surface area contributed by atoms with E-state index >= 15 is 0 Å². The number of hydrogen-bond acceptors (Lipinski definition) is 1. The first-order chi connectivity index (χ1) is 12.2. The van der Waals surface area contributed by atoms with Gasteiger partial charge in [-0.1, -0.05) is 63.3 Å². The Morgan fingerprint density at radius 1 is 0.920 bits per heavy atom. The van der Waals surface area contributed by atoms with Crippen LogP contribution in [0.5, 0.6) is 0 Å². The summed E-state index contributed by atoms with van der Waals surface area (Å²) < 4.78 is 2.18. The molecule has 25 heavy (non-hydrogen) atoms. The van der Waals surface area contributed by atoms with Gasteiger partial charge in [-0.05, 0) is 44.2 Å². The molecule has 0 radical (unpaired) electrons. The highest BCUT2D eigenvalue weighted by molar-refractivity contribution is 5.79. The first kappa shape index (κ1) is 19.5. The van der Waals surface area contributed by atoms with Gasteiger partial charge >= 0.3 is 0 Å². The zero-order chi connectivity index (χ0) is 17.9. The van der Waals surface area contributed by atoms with E-state index < -0.39 is 0 Å². The summed E-state index contributed by atoms with van der Waals surface area (Å²) in [6.07, 6.45) is 17.1. The van der Waals surface area contributed by atoms with Crippen molar-refractivity contribution in [1.82, 2.24) is 4.57 Å². The molecule has 0 N–H and O–H groups in total. The number of rotatable bonds is 11. The van der Waals surface area contributed by atoms with Gasteiger partial charge in [0, 0.05) is 24.2 Å². The van der Waals surface area contributed by atoms with Crippen molar-refractivity contribution >= 4 is 10.9 Å². The van der Waals surface area contributed by atoms with Crippen LogP contribution in [-0.2, 0) is 13.5 Å². The van der Waals surface area contributed by atoms with Gasteiger partial charge < -0.3 is 4.57 Å². The molecule has 0 spiro atoms. The van der Waals surface area contributed by atoms with Crippen LogP contribution in [0.25, 0.3) is 10.9 Å². The minimum absolute atomic E-state index is 0.154. The quantitative estimate of drug-likeness (QED) is 0.354. The van der Waals surface area contributed by atoms with Crippen LogP contribution in [0.15, 0.2) is 47.3 Å². The second-order valence-electron chi connectivity index (χ2n) is 6.97. The number of benzene rings is 1. The Bertz CT molecular complexity index is 726. The second-order valence-corrected chi connectivity index (χ2v) is 6.97. The Kier molecular flexibility index (Phi) is 8.51. The average Bonchev–Trinajstić information content (AvgIpc) is 2.63. The lowest BCUT2D eigenvalue weighted by Crippen LogP contribution is -2.11. The molecule has 2 aromatic rings. The fraction of sp³-hybridized carbons (Fsp3) is 0.522. The summed E-state index contributed by atoms with van der Waals surface area (Å²) in [5, 5.41) is 0.822. The van der Waals surface area contributed by atoms with E-state index in [2.05, 4.69) is 30.7 Å². The highest BCUT2D eigenvalue weighted by Crippen LogP contribution is 2.14. The van der Waals surface area contributed by atoms with E-state index in [0.29, 0.717) is 0 Å². The lowest BCUT2D eigenvalue weighted by atomic mass is 10.1. The maximum atomic E-state index is 12.2. The monoisotopic (exact) mass is 339 g/mol. The van der Waals surface area contributed by atoms with Crippen LogP contribution < -0.4 is 5.43 Å². The number of unbranched alkanes of at least 4 members (excludes halogenated alkanes) is 7. The third-order valence-corrected chi connectivity index (χ3v) is 4.97. The Morgan fingerprint density at radius 3 is 2.36 bits per heavy atom. The van der Waals surface area contributed by atoms with Gasteiger partial charge in [-0.25, -0.2) is 0 Å². The van der Waals surface area contributed by atoms with E-state index in [4.69, 9.17) is 0 Å². The lowest BCUT2D eigenvalue weighted by Gasteiger charge is -2.12. The number of nitrogens with zero attached hydrogens (tertiary/aromatic N) is 1. The molecule has 1 aromatic heterocycles. The Balaban J connectivity index is 1.67. The molecule has 0 aliphatic carbocycles. The van der Waals surface area contributed by atoms with E-state index in [1.54, 1.807) is 0 Å². The van der Waals surface area contributed by atoms with Crippen molar-refractivity contribution < 1.29 is 0 Å². The highest BCUT2D eigenvalue weighted by atomic mass is 16.1. The van der Waals surface area contributed by atoms with E-state index in [-0.39, 0.29) is 5.43 Å². The van der Waals surface area contributed by atoms with Gasteiger partial charge in [-0.3, -0.25) is 4.79 Å². The van der Waals surface area contributed by atoms with Crippen LogP contribution in [0.1, 0.15) is 70.4 Å². The van der Waals surface area contributed by atoms with Crippen molar-refractivity contribution in [2.24, 2.45) is 7.05 Å². The number of allylic oxidation sites excluding steroid dienone is 2. The minimum atomic E-state index is 0.154. The predicted octanol–water partition coefficient (Wildman–Crippen LogP) is 6.17. The molecule has 2 rings (SSSR count). The second kappa shape index (κ2) is 10.9. The summed E-state index contributed by atoms with van der Waals surface area (Å²) in [6, 6.07) is 9.72. The number of fused-ring (bicyclic) bond motifs is 1. The van der Waals surface area contributed by atoms with Crippen LogP contribution >= 0.6 is 0 Å². The van der Waals surface area contributed by atoms with Crippen molar-refractivity contribution in [1.29, 1.82) is 0 Å². The summed E-state index contributed by atoms with van der Waals surface area (Å²) in [7, 11) is 2.07. The molecule has 0 unspecified atom stereocenters. The number of aromatic nitrogens is 1. The summed E-state index contributed by atoms with van der Waals surface area (Å²) in [5.74, 6) is 0. The molecule has 1 aromatic carbocycles. The van der Waals surface area contributed by atoms with E-state index in [9.17, 15) is 4.79 Å². The van der Waals surface area contributed by atoms with Crippen LogP contribution in [0.2, 0.25) is 0 Å². The molecule has 1 heterocycles. The maximum absolute atomic E-state index is 12.2. The molecule has 0 aliphatic heterocycles. The molecule has 0 atom stereocenters. The largest absolute Gasteiger partial charge is 0.347 e. The average molecular weight is 340 g/mol. The maximum Gasteiger partial charge on any atom is 0.189 e. The van der Waals surface area contributed by atoms with Crippen LogP contribution in [0.4, 0.5) is 0 Å². The summed E-state index contributed by atoms with van der Waals surface area (Å²) in [6.45, 7) is 2.19. The standard InChI is InChI=1S/C23H33NO/c1-3-4-5-6-7-8-9-10-11-12-13-16-20-19-23(25)21-17-14-15-18-22(21)24(20)2/h4-5,14-15,17-19H,3,6-13,16H2,1-2H3/b5-4+. The Morgan fingerprint density at radius 2 is 1.60 bits per heavy atom. The molecular formula is C23H33NO. The van der Waals surface area contributed by atoms with E-state index in [1.807, 2.05) is 30.3 Å². The van der Waals surface area contributed by atoms with Crippen LogP contribution in [0, 0.1) is 0 Å². The van der Waals surface area contributed by atoms with Crippen LogP contribution in [-0.4, -0.2) is 4.57 Å². The SMILES string of the molecule is CC/C=C/CCCCCCCCCc1cc(=O)c2ccccc2n1C. The van der Waals surface area contributed by atoms with Gasteiger partial charge in [0.15, 0.2) is 5.43 Å². The third kappa shape index (κ3) is 6.19. The fourth-order valence-corrected chi connectivity index (χ4v) is 3.43. The third-order valence-electron chi connectivity index (χ3n) is 4.97. The molecule has 0 fully saturated rings. The molecular weight excluding hydrogens is 306 g/mol. The molecule has 0 saturated heterocycles. The van der Waals surface area contributed by atoms with Crippen molar-refractivity contribution in [2.45, 2.75) is 71.1 Å². The van der Waals surface area contributed by atoms with Gasteiger partial charge in [0.25, 0.3) is 0 Å². The Hall–Kier alpha value is -1.83. The molecule has 0 saturated carbocycles. The van der Waals surface area contributed by atoms with Gasteiger partial charge in [-0.2, -0.15) is 0 Å². The molecule has 2 heteroatoms. The summed E-state index contributed by atoms with van der Waals surface area (Å²) in [4.78, 5) is 12.2. The van der Waals surface area contributed by atoms with Crippen molar-refractivity contribution in [3.63, 3.8) is 0 Å². The predicted molar refractivity (Wildman–Crippen MR) is 109 cm³/mol. The summed E-state index contributed by atoms with van der Waals surface area (Å²) >= 11 is 0. The first-order valence-corrected chi connectivity index (χ1v) is 9.96. The minimum Gasteiger partial charge on any atom is -0.347 e. The van der Waals surface area contributed by atoms with Crippen molar-refractivity contribution in [2.75, 3.05) is 0 Å². The molecule has 2 nitrogen and oxygen atoms in total. The molecule has 136 valence electrons. The van der Waals surface area contributed by atoms with Crippen molar-refractivity contribution in [3.8, 4) is 0 Å². The van der Waals surface area contributed by atoms with Gasteiger partial charge in [0.1, 0.15) is 0 Å². The van der Waals surface area contributed by atoms with E-state index in [1.165, 1.54) is 51.4 Å². The van der Waals surface area contributed by atoms with Gasteiger partial charge in [0.05, 0.1) is 5.52 Å². The highest BCUT2D eigenvalue weighted by Gasteiger charge is 2.05. The number of para-hydroxylation sites is 1. The smallest absolute Gasteiger partial charge is 0.189 e. The van der Waals surface area contributed by atoms with Crippen molar-refractivity contribution in [3.05, 3.63) is 58.4 Å². The number of aryl methyl sites for hydroxylation is 2. The lowest BCUT2D eigenvalue weighted by molar-refractivity contribution is 0.576. The normalized spacial score (nSPS) is 11.6. The summed E-state index contributed by atoms with van der Waals surface area (Å²) in [5.41, 5.74) is 2.36. The molecule has 0 amide bonds. The zero-order valence-corrected chi connectivity index (χ0v) is 16.0. The van der Waals surface area contributed by atoms with E-state index in [0.717, 1.165) is 29.4 Å². The first-order valence-electron chi connectivity index (χ1n) is 9.96.